The molecular weight excluding hydrogens is 399 g/mol. The van der Waals surface area contributed by atoms with E-state index in [9.17, 15) is 18.0 Å². The third-order valence-electron chi connectivity index (χ3n) is 4.58. The first kappa shape index (κ1) is 21.2. The lowest BCUT2D eigenvalue weighted by molar-refractivity contribution is -0.137. The van der Waals surface area contributed by atoms with Crippen molar-refractivity contribution in [3.8, 4) is 0 Å². The second-order valence-electron chi connectivity index (χ2n) is 6.83. The van der Waals surface area contributed by atoms with Gasteiger partial charge >= 0.3 is 6.18 Å². The molecule has 29 heavy (non-hydrogen) atoms. The standard InChI is InChI=1S/C21H22F3N3OS/c1-3-14(2)25-19(28)13-29-20-26-17-11-16(21(22,23)24)9-10-18(17)27(20)12-15-7-5-4-6-8-15/h4-11,14H,3,12-13H2,1-2H3,(H,25,28)/t14-/m0/s1. The zero-order valence-electron chi connectivity index (χ0n) is 16.2. The van der Waals surface area contributed by atoms with Crippen LogP contribution in [0.25, 0.3) is 11.0 Å². The van der Waals surface area contributed by atoms with Crippen LogP contribution >= 0.6 is 11.8 Å². The molecule has 1 amide bonds. The van der Waals surface area contributed by atoms with Crippen molar-refractivity contribution >= 4 is 28.7 Å². The van der Waals surface area contributed by atoms with Crippen molar-refractivity contribution in [1.29, 1.82) is 0 Å². The molecule has 8 heteroatoms. The van der Waals surface area contributed by atoms with Crippen LogP contribution in [0.2, 0.25) is 0 Å². The number of carbonyl (C=O) groups excluding carboxylic acids is 1. The number of hydrogen-bond acceptors (Lipinski definition) is 3. The molecule has 0 aliphatic carbocycles. The summed E-state index contributed by atoms with van der Waals surface area (Å²) in [5.41, 5.74) is 1.13. The summed E-state index contributed by atoms with van der Waals surface area (Å²) in [5, 5.41) is 3.40. The number of imidazole rings is 1. The number of carbonyl (C=O) groups is 1. The number of halogens is 3. The van der Waals surface area contributed by atoms with Gasteiger partial charge in [-0.3, -0.25) is 4.79 Å². The molecule has 0 bridgehead atoms. The first-order valence-corrected chi connectivity index (χ1v) is 10.3. The van der Waals surface area contributed by atoms with Crippen molar-refractivity contribution in [3.63, 3.8) is 0 Å². The monoisotopic (exact) mass is 421 g/mol. The lowest BCUT2D eigenvalue weighted by atomic mass is 10.2. The second-order valence-corrected chi connectivity index (χ2v) is 7.78. The Kier molecular flexibility index (Phi) is 6.52. The number of alkyl halides is 3. The Morgan fingerprint density at radius 2 is 1.93 bits per heavy atom. The predicted molar refractivity (Wildman–Crippen MR) is 109 cm³/mol. The lowest BCUT2D eigenvalue weighted by Gasteiger charge is -2.12. The molecule has 0 aliphatic heterocycles. The molecule has 0 fully saturated rings. The van der Waals surface area contributed by atoms with Gasteiger partial charge in [0.05, 0.1) is 28.9 Å². The van der Waals surface area contributed by atoms with E-state index < -0.39 is 11.7 Å². The third kappa shape index (κ3) is 5.32. The van der Waals surface area contributed by atoms with Crippen molar-refractivity contribution in [1.82, 2.24) is 14.9 Å². The van der Waals surface area contributed by atoms with Crippen LogP contribution in [0.3, 0.4) is 0 Å². The zero-order chi connectivity index (χ0) is 21.0. The fourth-order valence-electron chi connectivity index (χ4n) is 2.86. The minimum absolute atomic E-state index is 0.0700. The maximum absolute atomic E-state index is 13.1. The van der Waals surface area contributed by atoms with Crippen LogP contribution < -0.4 is 5.32 Å². The fourth-order valence-corrected chi connectivity index (χ4v) is 3.69. The van der Waals surface area contributed by atoms with Crippen molar-refractivity contribution in [3.05, 3.63) is 59.7 Å². The van der Waals surface area contributed by atoms with E-state index in [1.807, 2.05) is 48.7 Å². The summed E-state index contributed by atoms with van der Waals surface area (Å²) in [5.74, 6) is 0.0211. The largest absolute Gasteiger partial charge is 0.416 e. The van der Waals surface area contributed by atoms with E-state index in [1.165, 1.54) is 17.8 Å². The first-order valence-electron chi connectivity index (χ1n) is 9.31. The van der Waals surface area contributed by atoms with Crippen molar-refractivity contribution in [2.24, 2.45) is 0 Å². The number of hydrogen-bond donors (Lipinski definition) is 1. The summed E-state index contributed by atoms with van der Waals surface area (Å²) in [6, 6.07) is 13.2. The highest BCUT2D eigenvalue weighted by atomic mass is 32.2. The summed E-state index contributed by atoms with van der Waals surface area (Å²) >= 11 is 1.22. The summed E-state index contributed by atoms with van der Waals surface area (Å²) in [4.78, 5) is 16.5. The molecule has 4 nitrogen and oxygen atoms in total. The normalized spacial score (nSPS) is 12.9. The predicted octanol–water partition coefficient (Wildman–Crippen LogP) is 5.11. The molecule has 1 aromatic heterocycles. The topological polar surface area (TPSA) is 46.9 Å². The van der Waals surface area contributed by atoms with Crippen LogP contribution in [0, 0.1) is 0 Å². The maximum atomic E-state index is 13.1. The summed E-state index contributed by atoms with van der Waals surface area (Å²) in [6.07, 6.45) is -3.61. The van der Waals surface area contributed by atoms with Gasteiger partial charge in [0.15, 0.2) is 5.16 Å². The van der Waals surface area contributed by atoms with Crippen molar-refractivity contribution < 1.29 is 18.0 Å². The van der Waals surface area contributed by atoms with Gasteiger partial charge in [0.25, 0.3) is 0 Å². The number of benzene rings is 2. The summed E-state index contributed by atoms with van der Waals surface area (Å²) in [7, 11) is 0. The molecule has 2 aromatic carbocycles. The van der Waals surface area contributed by atoms with Crippen LogP contribution in [0.5, 0.6) is 0 Å². The van der Waals surface area contributed by atoms with Crippen LogP contribution in [0.4, 0.5) is 13.2 Å². The lowest BCUT2D eigenvalue weighted by Crippen LogP contribution is -2.33. The SMILES string of the molecule is CC[C@H](C)NC(=O)CSc1nc2cc(C(F)(F)F)ccc2n1Cc1ccccc1. The Balaban J connectivity index is 1.93. The van der Waals surface area contributed by atoms with Gasteiger partial charge in [0.2, 0.25) is 5.91 Å². The number of aromatic nitrogens is 2. The van der Waals surface area contributed by atoms with Crippen LogP contribution in [-0.2, 0) is 17.5 Å². The Labute approximate surface area is 171 Å². The van der Waals surface area contributed by atoms with Crippen LogP contribution in [0.15, 0.2) is 53.7 Å². The van der Waals surface area contributed by atoms with Gasteiger partial charge in [-0.15, -0.1) is 0 Å². The van der Waals surface area contributed by atoms with Gasteiger partial charge in [0, 0.05) is 6.04 Å². The Morgan fingerprint density at radius 1 is 1.21 bits per heavy atom. The molecule has 1 atom stereocenters. The highest BCUT2D eigenvalue weighted by molar-refractivity contribution is 7.99. The average Bonchev–Trinajstić information content (AvgIpc) is 3.03. The van der Waals surface area contributed by atoms with Crippen molar-refractivity contribution in [2.45, 2.75) is 44.2 Å². The number of thioether (sulfide) groups is 1. The minimum Gasteiger partial charge on any atom is -0.353 e. The second kappa shape index (κ2) is 8.90. The smallest absolute Gasteiger partial charge is 0.353 e. The van der Waals surface area contributed by atoms with E-state index in [4.69, 9.17) is 0 Å². The summed E-state index contributed by atoms with van der Waals surface area (Å²) in [6.45, 7) is 4.36. The fraction of sp³-hybridized carbons (Fsp3) is 0.333. The van der Waals surface area contributed by atoms with Gasteiger partial charge in [-0.1, -0.05) is 49.0 Å². The molecule has 0 saturated carbocycles. The van der Waals surface area contributed by atoms with Gasteiger partial charge in [0.1, 0.15) is 0 Å². The molecule has 3 aromatic rings. The number of rotatable bonds is 7. The van der Waals surface area contributed by atoms with Crippen LogP contribution in [0.1, 0.15) is 31.4 Å². The van der Waals surface area contributed by atoms with Gasteiger partial charge < -0.3 is 9.88 Å². The molecule has 154 valence electrons. The quantitative estimate of drug-likeness (QED) is 0.539. The van der Waals surface area contributed by atoms with E-state index in [-0.39, 0.29) is 23.2 Å². The van der Waals surface area contributed by atoms with E-state index in [2.05, 4.69) is 10.3 Å². The Hall–Kier alpha value is -2.48. The third-order valence-corrected chi connectivity index (χ3v) is 5.55. The molecule has 0 radical (unpaired) electrons. The molecule has 3 rings (SSSR count). The molecule has 0 unspecified atom stereocenters. The van der Waals surface area contributed by atoms with Gasteiger partial charge in [-0.2, -0.15) is 13.2 Å². The van der Waals surface area contributed by atoms with Gasteiger partial charge in [-0.05, 0) is 37.1 Å². The summed E-state index contributed by atoms with van der Waals surface area (Å²) < 4.78 is 41.1. The highest BCUT2D eigenvalue weighted by Gasteiger charge is 2.31. The maximum Gasteiger partial charge on any atom is 0.416 e. The average molecular weight is 421 g/mol. The Morgan fingerprint density at radius 3 is 2.59 bits per heavy atom. The first-order chi connectivity index (χ1) is 13.8. The van der Waals surface area contributed by atoms with E-state index in [1.54, 1.807) is 0 Å². The van der Waals surface area contributed by atoms with Crippen LogP contribution in [-0.4, -0.2) is 27.3 Å². The number of nitrogens with one attached hydrogen (secondary N) is 1. The molecule has 0 saturated heterocycles. The highest BCUT2D eigenvalue weighted by Crippen LogP contribution is 2.33. The molecule has 1 N–H and O–H groups in total. The molecule has 1 heterocycles. The molecule has 0 spiro atoms. The number of amides is 1. The van der Waals surface area contributed by atoms with E-state index >= 15 is 0 Å². The number of fused-ring (bicyclic) bond motifs is 1. The number of nitrogens with zero attached hydrogens (tertiary/aromatic N) is 2. The molecular formula is C21H22F3N3OS. The zero-order valence-corrected chi connectivity index (χ0v) is 17.0. The van der Waals surface area contributed by atoms with E-state index in [0.29, 0.717) is 17.2 Å². The Bertz CT molecular complexity index is 986. The van der Waals surface area contributed by atoms with Gasteiger partial charge in [-0.25, -0.2) is 4.98 Å². The minimum atomic E-state index is -4.43. The van der Waals surface area contributed by atoms with E-state index in [0.717, 1.165) is 24.1 Å². The molecule has 0 aliphatic rings. The van der Waals surface area contributed by atoms with Crippen molar-refractivity contribution in [2.75, 3.05) is 5.75 Å².